The Hall–Kier alpha value is -1.36. The van der Waals surface area contributed by atoms with Gasteiger partial charge < -0.3 is 4.74 Å². The number of hydrogen-bond acceptors (Lipinski definition) is 5. The highest BCUT2D eigenvalue weighted by atomic mass is 32.2. The van der Waals surface area contributed by atoms with E-state index in [4.69, 9.17) is 6.42 Å². The van der Waals surface area contributed by atoms with E-state index in [9.17, 15) is 13.2 Å². The molecule has 1 heterocycles. The van der Waals surface area contributed by atoms with Crippen LogP contribution in [0.25, 0.3) is 0 Å². The molecule has 0 atom stereocenters. The summed E-state index contributed by atoms with van der Waals surface area (Å²) in [7, 11) is -2.49. The van der Waals surface area contributed by atoms with Gasteiger partial charge in [-0.05, 0) is 30.7 Å². The van der Waals surface area contributed by atoms with Crippen molar-refractivity contribution in [2.24, 2.45) is 0 Å². The molecule has 1 aromatic rings. The van der Waals surface area contributed by atoms with Gasteiger partial charge in [0.1, 0.15) is 9.77 Å². The lowest BCUT2D eigenvalue weighted by atomic mass is 10.2. The Balaban J connectivity index is 2.85. The Labute approximate surface area is 123 Å². The predicted octanol–water partition coefficient (Wildman–Crippen LogP) is 1.92. The molecular formula is C13H17NO4S2. The third-order valence-electron chi connectivity index (χ3n) is 2.60. The highest BCUT2D eigenvalue weighted by Gasteiger charge is 2.26. The van der Waals surface area contributed by atoms with Crippen molar-refractivity contribution in [2.45, 2.75) is 31.1 Å². The van der Waals surface area contributed by atoms with Crippen LogP contribution in [0.5, 0.6) is 0 Å². The molecule has 1 aromatic heterocycles. The summed E-state index contributed by atoms with van der Waals surface area (Å²) >= 11 is 1.06. The Morgan fingerprint density at radius 2 is 2.20 bits per heavy atom. The second kappa shape index (κ2) is 7.43. The van der Waals surface area contributed by atoms with Crippen molar-refractivity contribution < 1.29 is 17.9 Å². The molecule has 0 saturated heterocycles. The molecule has 0 aliphatic heterocycles. The van der Waals surface area contributed by atoms with Gasteiger partial charge in [-0.2, -0.15) is 0 Å². The first-order chi connectivity index (χ1) is 9.44. The molecule has 0 bridgehead atoms. The van der Waals surface area contributed by atoms with Crippen LogP contribution in [0.3, 0.4) is 0 Å². The van der Waals surface area contributed by atoms with E-state index in [1.807, 2.05) is 0 Å². The van der Waals surface area contributed by atoms with Crippen LogP contribution in [-0.2, 0) is 14.8 Å². The van der Waals surface area contributed by atoms with Crippen LogP contribution in [0, 0.1) is 19.3 Å². The van der Waals surface area contributed by atoms with Gasteiger partial charge in [0.05, 0.1) is 7.11 Å². The Morgan fingerprint density at radius 3 is 2.80 bits per heavy atom. The molecule has 1 rings (SSSR count). The summed E-state index contributed by atoms with van der Waals surface area (Å²) in [5.74, 6) is 1.85. The van der Waals surface area contributed by atoms with E-state index in [-0.39, 0.29) is 9.77 Å². The summed E-state index contributed by atoms with van der Waals surface area (Å²) in [5, 5.41) is 1.62. The minimum atomic E-state index is -3.71. The van der Waals surface area contributed by atoms with Crippen molar-refractivity contribution in [2.75, 3.05) is 13.7 Å². The van der Waals surface area contributed by atoms with Crippen LogP contribution in [0.15, 0.2) is 10.3 Å². The van der Waals surface area contributed by atoms with E-state index in [0.29, 0.717) is 24.9 Å². The monoisotopic (exact) mass is 315 g/mol. The number of aryl methyl sites for hydroxylation is 1. The number of ether oxygens (including phenoxy) is 1. The number of carbonyl (C=O) groups is 1. The largest absolute Gasteiger partial charge is 0.465 e. The molecule has 5 nitrogen and oxygen atoms in total. The molecule has 0 fully saturated rings. The number of methoxy groups -OCH3 is 1. The first-order valence-corrected chi connectivity index (χ1v) is 8.40. The van der Waals surface area contributed by atoms with Gasteiger partial charge >= 0.3 is 5.97 Å². The van der Waals surface area contributed by atoms with Crippen LogP contribution in [0.4, 0.5) is 0 Å². The fourth-order valence-corrected chi connectivity index (χ4v) is 4.41. The normalized spacial score (nSPS) is 11.1. The standard InChI is InChI=1S/C13H17NO4S2/c1-4-5-6-7-8-14-20(16,17)12-10(2)9-19-11(12)13(15)18-3/h1,9,14H,5-8H2,2-3H3. The predicted molar refractivity (Wildman–Crippen MR) is 78.3 cm³/mol. The van der Waals surface area contributed by atoms with E-state index in [2.05, 4.69) is 15.4 Å². The van der Waals surface area contributed by atoms with Gasteiger partial charge in [0, 0.05) is 13.0 Å². The molecule has 0 aromatic carbocycles. The summed E-state index contributed by atoms with van der Waals surface area (Å²) in [6.07, 6.45) is 7.15. The molecule has 0 unspecified atom stereocenters. The zero-order valence-electron chi connectivity index (χ0n) is 11.4. The number of unbranched alkanes of at least 4 members (excludes halogenated alkanes) is 2. The number of carbonyl (C=O) groups excluding carboxylic acids is 1. The van der Waals surface area contributed by atoms with Gasteiger partial charge in [-0.15, -0.1) is 23.7 Å². The molecule has 0 saturated carbocycles. The summed E-state index contributed by atoms with van der Waals surface area (Å²) < 4.78 is 31.6. The first-order valence-electron chi connectivity index (χ1n) is 6.03. The van der Waals surface area contributed by atoms with Gasteiger partial charge in [0.25, 0.3) is 0 Å². The minimum Gasteiger partial charge on any atom is -0.465 e. The fraction of sp³-hybridized carbons (Fsp3) is 0.462. The zero-order valence-corrected chi connectivity index (χ0v) is 13.1. The fourth-order valence-electron chi connectivity index (χ4n) is 1.63. The van der Waals surface area contributed by atoms with Crippen molar-refractivity contribution in [1.29, 1.82) is 0 Å². The molecule has 0 aliphatic rings. The average molecular weight is 315 g/mol. The summed E-state index contributed by atoms with van der Waals surface area (Å²) in [5.41, 5.74) is 0.534. The molecule has 7 heteroatoms. The number of nitrogens with one attached hydrogen (secondary N) is 1. The van der Waals surface area contributed by atoms with E-state index in [0.717, 1.165) is 17.8 Å². The first kappa shape index (κ1) is 16.7. The smallest absolute Gasteiger partial charge is 0.349 e. The van der Waals surface area contributed by atoms with Gasteiger partial charge in [0.15, 0.2) is 0 Å². The molecule has 0 spiro atoms. The van der Waals surface area contributed by atoms with E-state index < -0.39 is 16.0 Å². The van der Waals surface area contributed by atoms with Gasteiger partial charge in [0.2, 0.25) is 10.0 Å². The molecule has 0 amide bonds. The lowest BCUT2D eigenvalue weighted by Crippen LogP contribution is -2.26. The Morgan fingerprint density at radius 1 is 1.50 bits per heavy atom. The van der Waals surface area contributed by atoms with Crippen molar-refractivity contribution >= 4 is 27.3 Å². The summed E-state index contributed by atoms with van der Waals surface area (Å²) in [6, 6.07) is 0. The molecule has 1 N–H and O–H groups in total. The maximum Gasteiger partial charge on any atom is 0.349 e. The van der Waals surface area contributed by atoms with E-state index in [1.165, 1.54) is 7.11 Å². The zero-order chi connectivity index (χ0) is 15.2. The maximum atomic E-state index is 12.2. The highest BCUT2D eigenvalue weighted by molar-refractivity contribution is 7.89. The van der Waals surface area contributed by atoms with Crippen molar-refractivity contribution in [1.82, 2.24) is 4.72 Å². The van der Waals surface area contributed by atoms with Crippen LogP contribution >= 0.6 is 11.3 Å². The quantitative estimate of drug-likeness (QED) is 0.474. The summed E-state index contributed by atoms with van der Waals surface area (Å²) in [6.45, 7) is 1.94. The average Bonchev–Trinajstić information content (AvgIpc) is 2.80. The molecule has 20 heavy (non-hydrogen) atoms. The third-order valence-corrected chi connectivity index (χ3v) is 5.45. The SMILES string of the molecule is C#CCCCCNS(=O)(=O)c1c(C)csc1C(=O)OC. The van der Waals surface area contributed by atoms with E-state index in [1.54, 1.807) is 12.3 Å². The van der Waals surface area contributed by atoms with Crippen LogP contribution in [-0.4, -0.2) is 28.0 Å². The third kappa shape index (κ3) is 4.07. The lowest BCUT2D eigenvalue weighted by molar-refractivity contribution is 0.0602. The molecular weight excluding hydrogens is 298 g/mol. The molecule has 0 radical (unpaired) electrons. The van der Waals surface area contributed by atoms with Crippen molar-refractivity contribution in [3.8, 4) is 12.3 Å². The Bertz CT molecular complexity index is 611. The second-order valence-corrected chi connectivity index (χ2v) is 6.71. The molecule has 0 aliphatic carbocycles. The number of rotatable bonds is 7. The van der Waals surface area contributed by atoms with Gasteiger partial charge in [-0.3, -0.25) is 0 Å². The maximum absolute atomic E-state index is 12.2. The lowest BCUT2D eigenvalue weighted by Gasteiger charge is -2.08. The van der Waals surface area contributed by atoms with Gasteiger partial charge in [-0.1, -0.05) is 0 Å². The number of terminal acetylenes is 1. The number of thiophene rings is 1. The summed E-state index contributed by atoms with van der Waals surface area (Å²) in [4.78, 5) is 11.7. The van der Waals surface area contributed by atoms with Crippen molar-refractivity contribution in [3.05, 3.63) is 15.8 Å². The van der Waals surface area contributed by atoms with Crippen LogP contribution in [0.2, 0.25) is 0 Å². The second-order valence-electron chi connectivity index (χ2n) is 4.13. The minimum absolute atomic E-state index is 0.00583. The Kier molecular flexibility index (Phi) is 6.20. The highest BCUT2D eigenvalue weighted by Crippen LogP contribution is 2.27. The topological polar surface area (TPSA) is 72.5 Å². The van der Waals surface area contributed by atoms with Crippen molar-refractivity contribution in [3.63, 3.8) is 0 Å². The number of esters is 1. The number of hydrogen-bond donors (Lipinski definition) is 1. The molecule has 110 valence electrons. The van der Waals surface area contributed by atoms with Gasteiger partial charge in [-0.25, -0.2) is 17.9 Å². The van der Waals surface area contributed by atoms with E-state index >= 15 is 0 Å². The number of sulfonamides is 1. The van der Waals surface area contributed by atoms with Crippen LogP contribution in [0.1, 0.15) is 34.5 Å². The van der Waals surface area contributed by atoms with Crippen LogP contribution < -0.4 is 4.72 Å².